The van der Waals surface area contributed by atoms with Gasteiger partial charge in [0.1, 0.15) is 0 Å². The topological polar surface area (TPSA) is 73.8 Å². The van der Waals surface area contributed by atoms with Gasteiger partial charge in [0.05, 0.1) is 0 Å². The van der Waals surface area contributed by atoms with Gasteiger partial charge in [-0.2, -0.15) is 0 Å². The summed E-state index contributed by atoms with van der Waals surface area (Å²) in [6.07, 6.45) is 2.89. The summed E-state index contributed by atoms with van der Waals surface area (Å²) in [5.74, 6) is 0. The third-order valence-corrected chi connectivity index (χ3v) is 9.63. The molecule has 0 radical (unpaired) electrons. The third kappa shape index (κ3) is 13.8. The van der Waals surface area contributed by atoms with Gasteiger partial charge < -0.3 is 36.0 Å². The maximum atomic E-state index is 5.37. The average molecular weight is 431 g/mol. The van der Waals surface area contributed by atoms with E-state index in [2.05, 4.69) is 6.92 Å². The molecule has 0 spiro atoms. The van der Waals surface area contributed by atoms with Gasteiger partial charge in [0.25, 0.3) is 0 Å². The number of hydrogen-bond acceptors (Lipinski definition) is 8. The van der Waals surface area contributed by atoms with E-state index in [0.717, 1.165) is 57.8 Å². The normalized spacial score (nSPS) is 12.0. The molecule has 0 fully saturated rings. The van der Waals surface area contributed by atoms with Crippen LogP contribution in [0, 0.1) is 0 Å². The minimum Gasteiger partial charge on any atom is -0.382 e. The highest BCUT2D eigenvalue weighted by atomic mass is 28.4. The molecule has 0 amide bonds. The highest BCUT2D eigenvalue weighted by Gasteiger charge is 2.37. The number of rotatable bonds is 17. The van der Waals surface area contributed by atoms with Crippen molar-refractivity contribution in [2.24, 2.45) is 0 Å². The van der Waals surface area contributed by atoms with E-state index in [-0.39, 0.29) is 0 Å². The SMILES string of the molecule is CCCOCCC[Si](OC)(OC)OC.CCOCCC[Si](OC)(OC)OC. The molecule has 0 bridgehead atoms. The predicted molar refractivity (Wildman–Crippen MR) is 110 cm³/mol. The zero-order valence-electron chi connectivity index (χ0n) is 18.6. The number of hydrogen-bond donors (Lipinski definition) is 0. The molecule has 0 N–H and O–H groups in total. The average Bonchev–Trinajstić information content (AvgIpc) is 2.72. The van der Waals surface area contributed by atoms with Gasteiger partial charge in [-0.15, -0.1) is 0 Å². The zero-order chi connectivity index (χ0) is 21.0. The van der Waals surface area contributed by atoms with Crippen LogP contribution in [-0.4, -0.2) is 86.7 Å². The van der Waals surface area contributed by atoms with Crippen molar-refractivity contribution in [2.45, 2.75) is 45.2 Å². The zero-order valence-corrected chi connectivity index (χ0v) is 20.6. The van der Waals surface area contributed by atoms with Crippen molar-refractivity contribution in [1.82, 2.24) is 0 Å². The molecule has 0 rings (SSSR count). The van der Waals surface area contributed by atoms with Crippen molar-refractivity contribution in [1.29, 1.82) is 0 Å². The van der Waals surface area contributed by atoms with Crippen molar-refractivity contribution >= 4 is 17.6 Å². The Hall–Kier alpha value is 0.114. The molecule has 10 heteroatoms. The monoisotopic (exact) mass is 430 g/mol. The Labute approximate surface area is 168 Å². The van der Waals surface area contributed by atoms with Gasteiger partial charge in [-0.05, 0) is 26.2 Å². The fourth-order valence-corrected chi connectivity index (χ4v) is 5.66. The standard InChI is InChI=1S/C9H22O4Si.C8H20O4Si/c1-5-7-13-8-6-9-14(10-2,11-3)12-4;1-5-12-7-6-8-13(9-2,10-3)11-4/h5-9H2,1-4H3;5-8H2,1-4H3. The van der Waals surface area contributed by atoms with E-state index in [1.54, 1.807) is 42.7 Å². The minimum absolute atomic E-state index is 0.737. The molecule has 0 unspecified atom stereocenters. The summed E-state index contributed by atoms with van der Waals surface area (Å²) < 4.78 is 42.2. The minimum atomic E-state index is -2.36. The van der Waals surface area contributed by atoms with Crippen LogP contribution < -0.4 is 0 Å². The summed E-state index contributed by atoms with van der Waals surface area (Å²) in [6.45, 7) is 7.13. The second-order valence-corrected chi connectivity index (χ2v) is 11.8. The van der Waals surface area contributed by atoms with Crippen LogP contribution in [0.4, 0.5) is 0 Å². The van der Waals surface area contributed by atoms with Gasteiger partial charge in [-0.1, -0.05) is 6.92 Å². The highest BCUT2D eigenvalue weighted by Crippen LogP contribution is 2.15. The van der Waals surface area contributed by atoms with E-state index in [0.29, 0.717) is 0 Å². The smallest absolute Gasteiger partial charge is 0.382 e. The Balaban J connectivity index is 0. The van der Waals surface area contributed by atoms with E-state index in [9.17, 15) is 0 Å². The van der Waals surface area contributed by atoms with Crippen molar-refractivity contribution < 1.29 is 36.0 Å². The van der Waals surface area contributed by atoms with Gasteiger partial charge in [0, 0.05) is 81.2 Å². The van der Waals surface area contributed by atoms with Crippen molar-refractivity contribution in [3.05, 3.63) is 0 Å². The summed E-state index contributed by atoms with van der Waals surface area (Å²) in [4.78, 5) is 0. The first-order chi connectivity index (χ1) is 13.0. The van der Waals surface area contributed by atoms with Gasteiger partial charge in [-0.25, -0.2) is 0 Å². The van der Waals surface area contributed by atoms with Gasteiger partial charge >= 0.3 is 17.6 Å². The maximum absolute atomic E-state index is 5.37. The lowest BCUT2D eigenvalue weighted by Gasteiger charge is -2.24. The molecule has 0 aliphatic rings. The fraction of sp³-hybridized carbons (Fsp3) is 1.00. The Bertz CT molecular complexity index is 286. The van der Waals surface area contributed by atoms with Gasteiger partial charge in [-0.3, -0.25) is 0 Å². The largest absolute Gasteiger partial charge is 0.500 e. The number of ether oxygens (including phenoxy) is 2. The molecule has 0 aromatic carbocycles. The first kappa shape index (κ1) is 29.3. The summed E-state index contributed by atoms with van der Waals surface area (Å²) in [5, 5.41) is 0. The van der Waals surface area contributed by atoms with Crippen molar-refractivity contribution in [3.63, 3.8) is 0 Å². The van der Waals surface area contributed by atoms with Gasteiger partial charge in [0.15, 0.2) is 0 Å². The van der Waals surface area contributed by atoms with Crippen LogP contribution in [0.3, 0.4) is 0 Å². The second kappa shape index (κ2) is 19.4. The Morgan fingerprint density at radius 2 is 0.889 bits per heavy atom. The summed E-state index contributed by atoms with van der Waals surface area (Å²) >= 11 is 0. The first-order valence-corrected chi connectivity index (χ1v) is 13.3. The third-order valence-electron chi connectivity index (χ3n) is 3.96. The second-order valence-electron chi connectivity index (χ2n) is 5.61. The van der Waals surface area contributed by atoms with E-state index in [1.165, 1.54) is 0 Å². The van der Waals surface area contributed by atoms with E-state index in [1.807, 2.05) is 6.92 Å². The van der Waals surface area contributed by atoms with Crippen LogP contribution in [-0.2, 0) is 36.0 Å². The quantitative estimate of drug-likeness (QED) is 0.258. The molecule has 0 atom stereocenters. The first-order valence-electron chi connectivity index (χ1n) is 9.45. The molecule has 0 aromatic rings. The van der Waals surface area contributed by atoms with Crippen LogP contribution in [0.2, 0.25) is 12.1 Å². The van der Waals surface area contributed by atoms with Crippen molar-refractivity contribution in [2.75, 3.05) is 69.1 Å². The molecular formula is C17H42O8Si2. The summed E-state index contributed by atoms with van der Waals surface area (Å²) in [6, 6.07) is 1.61. The molecule has 0 aliphatic carbocycles. The lowest BCUT2D eigenvalue weighted by molar-refractivity contribution is 0.107. The molecule has 27 heavy (non-hydrogen) atoms. The lowest BCUT2D eigenvalue weighted by Crippen LogP contribution is -2.42. The molecule has 0 heterocycles. The van der Waals surface area contributed by atoms with Crippen LogP contribution >= 0.6 is 0 Å². The van der Waals surface area contributed by atoms with Crippen LogP contribution in [0.25, 0.3) is 0 Å². The van der Waals surface area contributed by atoms with Gasteiger partial charge in [0.2, 0.25) is 0 Å². The van der Waals surface area contributed by atoms with E-state index in [4.69, 9.17) is 36.0 Å². The van der Waals surface area contributed by atoms with Crippen LogP contribution in [0.15, 0.2) is 0 Å². The molecule has 0 saturated carbocycles. The molecule has 8 nitrogen and oxygen atoms in total. The van der Waals surface area contributed by atoms with Crippen molar-refractivity contribution in [3.8, 4) is 0 Å². The molecular weight excluding hydrogens is 388 g/mol. The lowest BCUT2D eigenvalue weighted by atomic mass is 10.5. The van der Waals surface area contributed by atoms with Crippen LogP contribution in [0.1, 0.15) is 33.1 Å². The summed E-state index contributed by atoms with van der Waals surface area (Å²) in [5.41, 5.74) is 0. The molecule has 0 aromatic heterocycles. The molecule has 0 saturated heterocycles. The Kier molecular flexibility index (Phi) is 21.1. The highest BCUT2D eigenvalue weighted by molar-refractivity contribution is 6.60. The van der Waals surface area contributed by atoms with E-state index < -0.39 is 17.6 Å². The van der Waals surface area contributed by atoms with E-state index >= 15 is 0 Å². The molecule has 0 aliphatic heterocycles. The Morgan fingerprint density at radius 1 is 0.519 bits per heavy atom. The fourth-order valence-electron chi connectivity index (χ4n) is 2.28. The predicted octanol–water partition coefficient (Wildman–Crippen LogP) is 2.97. The maximum Gasteiger partial charge on any atom is 0.500 e. The molecule has 166 valence electrons. The Morgan fingerprint density at radius 3 is 1.19 bits per heavy atom. The summed E-state index contributed by atoms with van der Waals surface area (Å²) in [7, 11) is 5.06. The van der Waals surface area contributed by atoms with Crippen LogP contribution in [0.5, 0.6) is 0 Å².